The fourth-order valence-corrected chi connectivity index (χ4v) is 2.92. The second kappa shape index (κ2) is 9.60. The number of ether oxygens (including phenoxy) is 2. The molecular formula is C22H26N4O2. The van der Waals surface area contributed by atoms with Gasteiger partial charge in [-0.1, -0.05) is 24.3 Å². The zero-order valence-electron chi connectivity index (χ0n) is 16.5. The van der Waals surface area contributed by atoms with E-state index in [-0.39, 0.29) is 0 Å². The molecule has 2 N–H and O–H groups in total. The third-order valence-corrected chi connectivity index (χ3v) is 4.19. The second-order valence-electron chi connectivity index (χ2n) is 6.11. The summed E-state index contributed by atoms with van der Waals surface area (Å²) < 4.78 is 11.0. The van der Waals surface area contributed by atoms with Gasteiger partial charge >= 0.3 is 0 Å². The van der Waals surface area contributed by atoms with Crippen molar-refractivity contribution in [3.8, 4) is 11.5 Å². The molecule has 0 bridgehead atoms. The number of hydrogen-bond acceptors (Lipinski definition) is 4. The minimum Gasteiger partial charge on any atom is -0.493 e. The minimum atomic E-state index is 0.526. The van der Waals surface area contributed by atoms with Gasteiger partial charge in [0.05, 0.1) is 25.8 Å². The van der Waals surface area contributed by atoms with Gasteiger partial charge in [-0.25, -0.2) is 4.99 Å². The van der Waals surface area contributed by atoms with E-state index in [0.717, 1.165) is 34.4 Å². The number of nitrogens with one attached hydrogen (secondary N) is 2. The molecule has 0 aliphatic rings. The van der Waals surface area contributed by atoms with Crippen molar-refractivity contribution in [1.82, 2.24) is 10.3 Å². The third-order valence-electron chi connectivity index (χ3n) is 4.19. The van der Waals surface area contributed by atoms with Gasteiger partial charge < -0.3 is 20.1 Å². The van der Waals surface area contributed by atoms with E-state index in [4.69, 9.17) is 14.5 Å². The first-order chi connectivity index (χ1) is 13.7. The first kappa shape index (κ1) is 19.5. The first-order valence-electron chi connectivity index (χ1n) is 9.44. The SMILES string of the molecule is CCNC(=NCc1cccc2cccnc12)Nc1ccc(OCC)c(OC)c1. The first-order valence-corrected chi connectivity index (χ1v) is 9.44. The van der Waals surface area contributed by atoms with Crippen molar-refractivity contribution in [2.75, 3.05) is 25.6 Å². The smallest absolute Gasteiger partial charge is 0.196 e. The number of benzene rings is 2. The van der Waals surface area contributed by atoms with Crippen LogP contribution in [0, 0.1) is 0 Å². The highest BCUT2D eigenvalue weighted by Crippen LogP contribution is 2.30. The van der Waals surface area contributed by atoms with E-state index in [0.29, 0.717) is 24.9 Å². The number of aliphatic imine (C=N–C) groups is 1. The quantitative estimate of drug-likeness (QED) is 0.476. The van der Waals surface area contributed by atoms with Gasteiger partial charge in [-0.15, -0.1) is 0 Å². The van der Waals surface area contributed by atoms with Crippen LogP contribution in [0.25, 0.3) is 10.9 Å². The monoisotopic (exact) mass is 378 g/mol. The lowest BCUT2D eigenvalue weighted by atomic mass is 10.1. The predicted octanol–water partition coefficient (Wildman–Crippen LogP) is 4.22. The number of aromatic nitrogens is 1. The third kappa shape index (κ3) is 4.71. The molecule has 0 spiro atoms. The fourth-order valence-electron chi connectivity index (χ4n) is 2.92. The summed E-state index contributed by atoms with van der Waals surface area (Å²) in [7, 11) is 1.63. The van der Waals surface area contributed by atoms with Gasteiger partial charge in [0.1, 0.15) is 0 Å². The Morgan fingerprint density at radius 3 is 2.71 bits per heavy atom. The zero-order valence-corrected chi connectivity index (χ0v) is 16.5. The van der Waals surface area contributed by atoms with Crippen LogP contribution in [-0.4, -0.2) is 31.2 Å². The highest BCUT2D eigenvalue weighted by Gasteiger charge is 2.07. The van der Waals surface area contributed by atoms with Gasteiger partial charge in [0.15, 0.2) is 17.5 Å². The highest BCUT2D eigenvalue weighted by molar-refractivity contribution is 5.94. The summed E-state index contributed by atoms with van der Waals surface area (Å²) >= 11 is 0. The molecule has 146 valence electrons. The van der Waals surface area contributed by atoms with Gasteiger partial charge in [-0.2, -0.15) is 0 Å². The molecule has 0 saturated heterocycles. The van der Waals surface area contributed by atoms with Gasteiger partial charge in [0.25, 0.3) is 0 Å². The molecule has 0 radical (unpaired) electrons. The van der Waals surface area contributed by atoms with Gasteiger partial charge in [-0.05, 0) is 37.6 Å². The van der Waals surface area contributed by atoms with Crippen LogP contribution in [0.5, 0.6) is 11.5 Å². The van der Waals surface area contributed by atoms with E-state index in [1.54, 1.807) is 7.11 Å². The van der Waals surface area contributed by atoms with Crippen LogP contribution in [0.1, 0.15) is 19.4 Å². The maximum Gasteiger partial charge on any atom is 0.196 e. The lowest BCUT2D eigenvalue weighted by Gasteiger charge is -2.14. The van der Waals surface area contributed by atoms with Crippen molar-refractivity contribution in [2.24, 2.45) is 4.99 Å². The number of guanidine groups is 1. The molecule has 0 amide bonds. The number of rotatable bonds is 7. The normalized spacial score (nSPS) is 11.3. The Labute approximate surface area is 165 Å². The topological polar surface area (TPSA) is 67.8 Å². The molecule has 3 aromatic rings. The summed E-state index contributed by atoms with van der Waals surface area (Å²) in [5.41, 5.74) is 2.93. The molecular weight excluding hydrogens is 352 g/mol. The molecule has 0 fully saturated rings. The maximum absolute atomic E-state index is 5.58. The van der Waals surface area contributed by atoms with Crippen molar-refractivity contribution in [2.45, 2.75) is 20.4 Å². The maximum atomic E-state index is 5.58. The number of anilines is 1. The Bertz CT molecular complexity index is 951. The van der Waals surface area contributed by atoms with Crippen molar-refractivity contribution >= 4 is 22.5 Å². The molecule has 0 atom stereocenters. The molecule has 2 aromatic carbocycles. The lowest BCUT2D eigenvalue weighted by molar-refractivity contribution is 0.311. The van der Waals surface area contributed by atoms with Crippen LogP contribution < -0.4 is 20.1 Å². The van der Waals surface area contributed by atoms with E-state index < -0.39 is 0 Å². The van der Waals surface area contributed by atoms with Crippen LogP contribution >= 0.6 is 0 Å². The second-order valence-corrected chi connectivity index (χ2v) is 6.11. The van der Waals surface area contributed by atoms with E-state index >= 15 is 0 Å². The van der Waals surface area contributed by atoms with Crippen LogP contribution in [0.4, 0.5) is 5.69 Å². The van der Waals surface area contributed by atoms with Gasteiger partial charge in [-0.3, -0.25) is 4.98 Å². The standard InChI is InChI=1S/C22H26N4O2/c1-4-23-22(26-18-11-12-19(28-5-2)20(14-18)27-3)25-15-17-9-6-8-16-10-7-13-24-21(16)17/h6-14H,4-5,15H2,1-3H3,(H2,23,25,26). The number of nitrogens with zero attached hydrogens (tertiary/aromatic N) is 2. The van der Waals surface area contributed by atoms with Crippen molar-refractivity contribution < 1.29 is 9.47 Å². The van der Waals surface area contributed by atoms with Crippen LogP contribution in [0.15, 0.2) is 59.7 Å². The van der Waals surface area contributed by atoms with E-state index in [9.17, 15) is 0 Å². The van der Waals surface area contributed by atoms with Crippen molar-refractivity contribution in [3.63, 3.8) is 0 Å². The fraction of sp³-hybridized carbons (Fsp3) is 0.273. The highest BCUT2D eigenvalue weighted by atomic mass is 16.5. The molecule has 6 nitrogen and oxygen atoms in total. The number of para-hydroxylation sites is 1. The molecule has 1 heterocycles. The van der Waals surface area contributed by atoms with Crippen LogP contribution in [0.2, 0.25) is 0 Å². The molecule has 0 unspecified atom stereocenters. The van der Waals surface area contributed by atoms with Crippen LogP contribution in [0.3, 0.4) is 0 Å². The number of hydrogen-bond donors (Lipinski definition) is 2. The Balaban J connectivity index is 1.81. The van der Waals surface area contributed by atoms with Crippen LogP contribution in [-0.2, 0) is 6.54 Å². The minimum absolute atomic E-state index is 0.526. The summed E-state index contributed by atoms with van der Waals surface area (Å²) in [4.78, 5) is 9.22. The van der Waals surface area contributed by atoms with Gasteiger partial charge in [0.2, 0.25) is 0 Å². The van der Waals surface area contributed by atoms with E-state index in [2.05, 4.69) is 33.8 Å². The van der Waals surface area contributed by atoms with E-state index in [1.807, 2.05) is 50.4 Å². The Hall–Kier alpha value is -3.28. The molecule has 0 aliphatic heterocycles. The predicted molar refractivity (Wildman–Crippen MR) is 114 cm³/mol. The Morgan fingerprint density at radius 2 is 1.93 bits per heavy atom. The van der Waals surface area contributed by atoms with E-state index in [1.165, 1.54) is 0 Å². The summed E-state index contributed by atoms with van der Waals surface area (Å²) in [6.45, 7) is 5.86. The summed E-state index contributed by atoms with van der Waals surface area (Å²) in [6.07, 6.45) is 1.81. The molecule has 6 heteroatoms. The molecule has 1 aromatic heterocycles. The largest absolute Gasteiger partial charge is 0.493 e. The summed E-state index contributed by atoms with van der Waals surface area (Å²) in [5.74, 6) is 2.10. The van der Waals surface area contributed by atoms with Crippen molar-refractivity contribution in [3.05, 3.63) is 60.3 Å². The average molecular weight is 378 g/mol. The zero-order chi connectivity index (χ0) is 19.8. The molecule has 0 aliphatic carbocycles. The molecule has 28 heavy (non-hydrogen) atoms. The number of fused-ring (bicyclic) bond motifs is 1. The Kier molecular flexibility index (Phi) is 6.68. The van der Waals surface area contributed by atoms with Gasteiger partial charge in [0, 0.05) is 29.9 Å². The summed E-state index contributed by atoms with van der Waals surface area (Å²) in [6, 6.07) is 15.9. The summed E-state index contributed by atoms with van der Waals surface area (Å²) in [5, 5.41) is 7.71. The molecule has 0 saturated carbocycles. The lowest BCUT2D eigenvalue weighted by Crippen LogP contribution is -2.30. The Morgan fingerprint density at radius 1 is 1.07 bits per heavy atom. The average Bonchev–Trinajstić information content (AvgIpc) is 2.73. The van der Waals surface area contributed by atoms with Crippen molar-refractivity contribution in [1.29, 1.82) is 0 Å². The number of pyridine rings is 1. The molecule has 3 rings (SSSR count). The number of methoxy groups -OCH3 is 1.